The highest BCUT2D eigenvalue weighted by Gasteiger charge is 2.05. The number of anilines is 1. The van der Waals surface area contributed by atoms with Gasteiger partial charge in [-0.25, -0.2) is 4.79 Å². The number of carbonyl (C=O) groups excluding carboxylic acids is 1. The number of benzene rings is 1. The zero-order valence-corrected chi connectivity index (χ0v) is 18.1. The Labute approximate surface area is 177 Å². The van der Waals surface area contributed by atoms with E-state index < -0.39 is 6.16 Å². The molecule has 4 nitrogen and oxygen atoms in total. The number of hydrogen-bond acceptors (Lipinski definition) is 4. The maximum Gasteiger partial charge on any atom is 0.513 e. The number of allylic oxidation sites excluding steroid dienone is 4. The Balaban J connectivity index is 1.85. The number of carbonyl (C=O) groups is 1. The summed E-state index contributed by atoms with van der Waals surface area (Å²) >= 11 is 0. The predicted molar refractivity (Wildman–Crippen MR) is 122 cm³/mol. The third kappa shape index (κ3) is 15.4. The van der Waals surface area contributed by atoms with Gasteiger partial charge in [0.1, 0.15) is 5.75 Å². The number of rotatable bonds is 16. The number of unbranched alkanes of at least 4 members (excludes halogenated alkanes) is 9. The van der Waals surface area contributed by atoms with Crippen LogP contribution in [0.25, 0.3) is 0 Å². The Morgan fingerprint density at radius 2 is 1.41 bits per heavy atom. The van der Waals surface area contributed by atoms with Gasteiger partial charge in [0.15, 0.2) is 0 Å². The summed E-state index contributed by atoms with van der Waals surface area (Å²) in [4.78, 5) is 11.6. The summed E-state index contributed by atoms with van der Waals surface area (Å²) in [6, 6.07) is 6.67. The molecule has 2 N–H and O–H groups in total. The summed E-state index contributed by atoms with van der Waals surface area (Å²) in [5, 5.41) is 0. The molecule has 162 valence electrons. The first-order valence-electron chi connectivity index (χ1n) is 11.2. The Hall–Kier alpha value is -2.23. The summed E-state index contributed by atoms with van der Waals surface area (Å²) in [5.41, 5.74) is 6.22. The number of nitrogen functional groups attached to an aromatic ring is 1. The van der Waals surface area contributed by atoms with E-state index in [0.29, 0.717) is 18.0 Å². The second-order valence-corrected chi connectivity index (χ2v) is 7.35. The van der Waals surface area contributed by atoms with Crippen molar-refractivity contribution >= 4 is 11.8 Å². The van der Waals surface area contributed by atoms with Crippen LogP contribution in [0.15, 0.2) is 48.6 Å². The van der Waals surface area contributed by atoms with Crippen LogP contribution in [0.2, 0.25) is 0 Å². The Kier molecular flexibility index (Phi) is 15.3. The molecule has 0 fully saturated rings. The van der Waals surface area contributed by atoms with Crippen molar-refractivity contribution in [2.45, 2.75) is 84.0 Å². The van der Waals surface area contributed by atoms with Gasteiger partial charge in [0, 0.05) is 5.69 Å². The van der Waals surface area contributed by atoms with Crippen LogP contribution in [0.3, 0.4) is 0 Å². The normalized spacial score (nSPS) is 11.3. The fourth-order valence-corrected chi connectivity index (χ4v) is 2.91. The molecule has 0 aromatic heterocycles. The molecule has 1 aromatic rings. The van der Waals surface area contributed by atoms with Gasteiger partial charge in [-0.1, -0.05) is 69.8 Å². The molecular weight excluding hydrogens is 362 g/mol. The van der Waals surface area contributed by atoms with Gasteiger partial charge in [-0.15, -0.1) is 0 Å². The third-order valence-corrected chi connectivity index (χ3v) is 4.65. The molecule has 0 saturated heterocycles. The Morgan fingerprint density at radius 3 is 2.07 bits per heavy atom. The standard InChI is InChI=1S/C25H39NO3/c1-2-3-4-5-6-7-8-9-10-11-12-13-14-15-16-17-22-28-25(27)29-24-20-18-23(26)19-21-24/h6-7,9-10,18-21H,2-5,8,11-17,22,26H2,1H3/b7-6-,10-9-. The van der Waals surface area contributed by atoms with E-state index in [1.54, 1.807) is 24.3 Å². The number of ether oxygens (including phenoxy) is 2. The highest BCUT2D eigenvalue weighted by molar-refractivity contribution is 5.64. The van der Waals surface area contributed by atoms with E-state index in [9.17, 15) is 4.79 Å². The lowest BCUT2D eigenvalue weighted by molar-refractivity contribution is 0.0973. The van der Waals surface area contributed by atoms with E-state index in [1.165, 1.54) is 57.8 Å². The van der Waals surface area contributed by atoms with Crippen LogP contribution in [0, 0.1) is 0 Å². The molecule has 0 amide bonds. The Morgan fingerprint density at radius 1 is 0.828 bits per heavy atom. The zero-order chi connectivity index (χ0) is 21.0. The van der Waals surface area contributed by atoms with E-state index in [1.807, 2.05) is 0 Å². The van der Waals surface area contributed by atoms with Crippen LogP contribution >= 0.6 is 0 Å². The monoisotopic (exact) mass is 401 g/mol. The van der Waals surface area contributed by atoms with E-state index in [0.717, 1.165) is 19.3 Å². The second-order valence-electron chi connectivity index (χ2n) is 7.35. The van der Waals surface area contributed by atoms with Crippen LogP contribution < -0.4 is 10.5 Å². The molecule has 0 aliphatic carbocycles. The minimum atomic E-state index is -0.655. The fraction of sp³-hybridized carbons (Fsp3) is 0.560. The van der Waals surface area contributed by atoms with Crippen molar-refractivity contribution in [1.29, 1.82) is 0 Å². The fourth-order valence-electron chi connectivity index (χ4n) is 2.91. The molecule has 0 aliphatic rings. The predicted octanol–water partition coefficient (Wildman–Crippen LogP) is 7.60. The summed E-state index contributed by atoms with van der Waals surface area (Å²) in [6.45, 7) is 2.65. The average Bonchev–Trinajstić information content (AvgIpc) is 2.72. The quantitative estimate of drug-likeness (QED) is 0.102. The van der Waals surface area contributed by atoms with Gasteiger partial charge in [0.2, 0.25) is 0 Å². The first-order chi connectivity index (χ1) is 14.2. The number of hydrogen-bond donors (Lipinski definition) is 1. The van der Waals surface area contributed by atoms with E-state index in [4.69, 9.17) is 15.2 Å². The molecule has 1 rings (SSSR count). The van der Waals surface area contributed by atoms with Crippen molar-refractivity contribution in [3.05, 3.63) is 48.6 Å². The molecule has 0 spiro atoms. The summed E-state index contributed by atoms with van der Waals surface area (Å²) in [7, 11) is 0. The molecular formula is C25H39NO3. The SMILES string of the molecule is CCCCC/C=C\C/C=C\CCCCCCCCOC(=O)Oc1ccc(N)cc1. The third-order valence-electron chi connectivity index (χ3n) is 4.65. The van der Waals surface area contributed by atoms with Gasteiger partial charge in [0.25, 0.3) is 0 Å². The lowest BCUT2D eigenvalue weighted by Gasteiger charge is -2.06. The summed E-state index contributed by atoms with van der Waals surface area (Å²) in [6.07, 6.45) is 22.8. The molecule has 1 aromatic carbocycles. The van der Waals surface area contributed by atoms with Crippen molar-refractivity contribution in [3.8, 4) is 5.75 Å². The van der Waals surface area contributed by atoms with Gasteiger partial charge >= 0.3 is 6.16 Å². The molecule has 0 bridgehead atoms. The van der Waals surface area contributed by atoms with Gasteiger partial charge in [0.05, 0.1) is 6.61 Å². The first kappa shape index (κ1) is 24.8. The number of nitrogens with two attached hydrogens (primary N) is 1. The van der Waals surface area contributed by atoms with Crippen LogP contribution in [0.1, 0.15) is 84.0 Å². The second kappa shape index (κ2) is 17.8. The van der Waals surface area contributed by atoms with Crippen LogP contribution in [-0.4, -0.2) is 12.8 Å². The van der Waals surface area contributed by atoms with E-state index in [-0.39, 0.29) is 0 Å². The smallest absolute Gasteiger partial charge is 0.434 e. The van der Waals surface area contributed by atoms with Crippen LogP contribution in [0.5, 0.6) is 5.75 Å². The topological polar surface area (TPSA) is 61.5 Å². The maximum atomic E-state index is 11.6. The van der Waals surface area contributed by atoms with Crippen LogP contribution in [-0.2, 0) is 4.74 Å². The molecule has 0 aliphatic heterocycles. The van der Waals surface area contributed by atoms with Crippen LogP contribution in [0.4, 0.5) is 10.5 Å². The average molecular weight is 402 g/mol. The van der Waals surface area contributed by atoms with Gasteiger partial charge < -0.3 is 15.2 Å². The van der Waals surface area contributed by atoms with E-state index in [2.05, 4.69) is 31.2 Å². The van der Waals surface area contributed by atoms with Crippen molar-refractivity contribution in [3.63, 3.8) is 0 Å². The molecule has 0 atom stereocenters. The highest BCUT2D eigenvalue weighted by Crippen LogP contribution is 2.14. The molecule has 29 heavy (non-hydrogen) atoms. The minimum absolute atomic E-state index is 0.405. The van der Waals surface area contributed by atoms with Gasteiger partial charge in [-0.3, -0.25) is 0 Å². The lowest BCUT2D eigenvalue weighted by atomic mass is 10.1. The molecule has 0 unspecified atom stereocenters. The minimum Gasteiger partial charge on any atom is -0.434 e. The maximum absolute atomic E-state index is 11.6. The lowest BCUT2D eigenvalue weighted by Crippen LogP contribution is -2.11. The Bertz CT molecular complexity index is 578. The zero-order valence-electron chi connectivity index (χ0n) is 18.1. The van der Waals surface area contributed by atoms with Gasteiger partial charge in [-0.2, -0.15) is 0 Å². The van der Waals surface area contributed by atoms with Crippen molar-refractivity contribution < 1.29 is 14.3 Å². The van der Waals surface area contributed by atoms with E-state index >= 15 is 0 Å². The molecule has 0 radical (unpaired) electrons. The van der Waals surface area contributed by atoms with Crippen molar-refractivity contribution in [2.75, 3.05) is 12.3 Å². The van der Waals surface area contributed by atoms with Gasteiger partial charge in [-0.05, 0) is 62.8 Å². The molecule has 0 saturated carbocycles. The molecule has 4 heteroatoms. The molecule has 0 heterocycles. The first-order valence-corrected chi connectivity index (χ1v) is 11.2. The van der Waals surface area contributed by atoms with Crippen molar-refractivity contribution in [1.82, 2.24) is 0 Å². The summed E-state index contributed by atoms with van der Waals surface area (Å²) < 4.78 is 10.2. The largest absolute Gasteiger partial charge is 0.513 e. The highest BCUT2D eigenvalue weighted by atomic mass is 16.7. The summed E-state index contributed by atoms with van der Waals surface area (Å²) in [5.74, 6) is 0.446. The van der Waals surface area contributed by atoms with Crippen molar-refractivity contribution in [2.24, 2.45) is 0 Å².